The normalized spacial score (nSPS) is 16.9. The van der Waals surface area contributed by atoms with E-state index in [4.69, 9.17) is 4.99 Å². The molecule has 1 aliphatic heterocycles. The van der Waals surface area contributed by atoms with Gasteiger partial charge in [-0.3, -0.25) is 4.99 Å². The van der Waals surface area contributed by atoms with Gasteiger partial charge in [0.05, 0.1) is 11.8 Å². The fraction of sp³-hybridized carbons (Fsp3) is 0.261. The molecule has 2 aromatic carbocycles. The van der Waals surface area contributed by atoms with Gasteiger partial charge in [0.2, 0.25) is 0 Å². The van der Waals surface area contributed by atoms with Crippen molar-refractivity contribution < 1.29 is 0 Å². The first-order valence-electron chi connectivity index (χ1n) is 9.16. The maximum atomic E-state index is 4.97. The largest absolute Gasteiger partial charge is 0.280 e. The summed E-state index contributed by atoms with van der Waals surface area (Å²) in [5.41, 5.74) is 5.15. The Labute approximate surface area is 164 Å². The second-order valence-corrected chi connectivity index (χ2v) is 9.52. The van der Waals surface area contributed by atoms with Crippen molar-refractivity contribution in [2.45, 2.75) is 42.9 Å². The molecule has 1 nitrogen and oxygen atoms in total. The average Bonchev–Trinajstić information content (AvgIpc) is 3.34. The van der Waals surface area contributed by atoms with Crippen molar-refractivity contribution in [2.24, 2.45) is 4.99 Å². The summed E-state index contributed by atoms with van der Waals surface area (Å²) in [6.45, 7) is 4.46. The van der Waals surface area contributed by atoms with Crippen molar-refractivity contribution in [3.63, 3.8) is 0 Å². The molecule has 0 bridgehead atoms. The molecule has 132 valence electrons. The predicted molar refractivity (Wildman–Crippen MR) is 116 cm³/mol. The first kappa shape index (κ1) is 17.6. The Morgan fingerprint density at radius 1 is 0.962 bits per heavy atom. The number of rotatable bonds is 5. The van der Waals surface area contributed by atoms with Gasteiger partial charge in [-0.05, 0) is 53.1 Å². The van der Waals surface area contributed by atoms with Gasteiger partial charge < -0.3 is 0 Å². The maximum absolute atomic E-state index is 4.97. The molecule has 0 radical (unpaired) electrons. The molecular formula is C23H23NS2. The molecule has 26 heavy (non-hydrogen) atoms. The molecule has 0 N–H and O–H groups in total. The summed E-state index contributed by atoms with van der Waals surface area (Å²) in [4.78, 5) is 7.62. The molecule has 4 rings (SSSR count). The Balaban J connectivity index is 1.49. The van der Waals surface area contributed by atoms with E-state index in [-0.39, 0.29) is 0 Å². The van der Waals surface area contributed by atoms with Crippen LogP contribution < -0.4 is 0 Å². The summed E-state index contributed by atoms with van der Waals surface area (Å²) < 4.78 is 0. The number of nitrogens with zero attached hydrogens (tertiary/aromatic N) is 1. The van der Waals surface area contributed by atoms with Crippen molar-refractivity contribution >= 4 is 28.8 Å². The number of aliphatic imine (C=N–C) groups is 1. The molecule has 0 saturated carbocycles. The van der Waals surface area contributed by atoms with Crippen LogP contribution in [0.5, 0.6) is 0 Å². The molecule has 1 unspecified atom stereocenters. The fourth-order valence-corrected chi connectivity index (χ4v) is 4.95. The van der Waals surface area contributed by atoms with Crippen LogP contribution in [0.2, 0.25) is 0 Å². The SMILES string of the molecule is CC(C)Sc1ccc(-c2ccc(C3CCC(c4cccs4)=N3)cc2)cc1. The van der Waals surface area contributed by atoms with Crippen LogP contribution in [0.25, 0.3) is 11.1 Å². The van der Waals surface area contributed by atoms with E-state index in [1.165, 1.54) is 32.2 Å². The molecule has 1 aromatic heterocycles. The zero-order chi connectivity index (χ0) is 17.9. The molecule has 1 atom stereocenters. The van der Waals surface area contributed by atoms with E-state index in [9.17, 15) is 0 Å². The zero-order valence-corrected chi connectivity index (χ0v) is 16.8. The molecule has 0 spiro atoms. The first-order valence-corrected chi connectivity index (χ1v) is 10.9. The zero-order valence-electron chi connectivity index (χ0n) is 15.2. The van der Waals surface area contributed by atoms with Crippen LogP contribution in [-0.4, -0.2) is 11.0 Å². The van der Waals surface area contributed by atoms with Gasteiger partial charge in [-0.25, -0.2) is 0 Å². The van der Waals surface area contributed by atoms with E-state index in [0.29, 0.717) is 11.3 Å². The highest BCUT2D eigenvalue weighted by Crippen LogP contribution is 2.33. The van der Waals surface area contributed by atoms with Gasteiger partial charge in [-0.1, -0.05) is 56.3 Å². The van der Waals surface area contributed by atoms with Gasteiger partial charge in [0.1, 0.15) is 0 Å². The van der Waals surface area contributed by atoms with Crippen molar-refractivity contribution in [2.75, 3.05) is 0 Å². The van der Waals surface area contributed by atoms with Crippen molar-refractivity contribution in [3.05, 3.63) is 76.5 Å². The van der Waals surface area contributed by atoms with Gasteiger partial charge in [-0.2, -0.15) is 0 Å². The third-order valence-electron chi connectivity index (χ3n) is 4.63. The molecule has 3 aromatic rings. The summed E-state index contributed by atoms with van der Waals surface area (Å²) in [6.07, 6.45) is 2.20. The van der Waals surface area contributed by atoms with E-state index in [0.717, 1.165) is 12.8 Å². The van der Waals surface area contributed by atoms with Gasteiger partial charge in [0.25, 0.3) is 0 Å². The molecule has 0 saturated heterocycles. The van der Waals surface area contributed by atoms with Crippen LogP contribution in [0.4, 0.5) is 0 Å². The average molecular weight is 378 g/mol. The molecule has 0 fully saturated rings. The Hall–Kier alpha value is -1.84. The molecule has 0 aliphatic carbocycles. The molecular weight excluding hydrogens is 354 g/mol. The number of thiophene rings is 1. The van der Waals surface area contributed by atoms with E-state index in [1.54, 1.807) is 11.3 Å². The van der Waals surface area contributed by atoms with Crippen LogP contribution in [0, 0.1) is 0 Å². The Morgan fingerprint density at radius 3 is 2.27 bits per heavy atom. The lowest BCUT2D eigenvalue weighted by Gasteiger charge is -2.09. The highest BCUT2D eigenvalue weighted by atomic mass is 32.2. The summed E-state index contributed by atoms with van der Waals surface area (Å²) >= 11 is 3.70. The minimum Gasteiger partial charge on any atom is -0.280 e. The van der Waals surface area contributed by atoms with Crippen molar-refractivity contribution in [1.82, 2.24) is 0 Å². The number of hydrogen-bond donors (Lipinski definition) is 0. The highest BCUT2D eigenvalue weighted by molar-refractivity contribution is 7.99. The summed E-state index contributed by atoms with van der Waals surface area (Å²) in [5.74, 6) is 0. The van der Waals surface area contributed by atoms with Gasteiger partial charge >= 0.3 is 0 Å². The van der Waals surface area contributed by atoms with E-state index in [2.05, 4.69) is 79.9 Å². The summed E-state index contributed by atoms with van der Waals surface area (Å²) in [7, 11) is 0. The molecule has 2 heterocycles. The smallest absolute Gasteiger partial charge is 0.0756 e. The van der Waals surface area contributed by atoms with E-state index < -0.39 is 0 Å². The van der Waals surface area contributed by atoms with Crippen LogP contribution >= 0.6 is 23.1 Å². The predicted octanol–water partition coefficient (Wildman–Crippen LogP) is 7.24. The second-order valence-electron chi connectivity index (χ2n) is 6.92. The lowest BCUT2D eigenvalue weighted by Crippen LogP contribution is -1.91. The molecule has 0 amide bonds. The third-order valence-corrected chi connectivity index (χ3v) is 6.56. The number of thioether (sulfide) groups is 1. The lowest BCUT2D eigenvalue weighted by atomic mass is 10.00. The Kier molecular flexibility index (Phi) is 5.28. The van der Waals surface area contributed by atoms with Gasteiger partial charge in [0, 0.05) is 15.0 Å². The minimum atomic E-state index is 0.311. The van der Waals surface area contributed by atoms with Crippen molar-refractivity contribution in [3.8, 4) is 11.1 Å². The first-order chi connectivity index (χ1) is 12.7. The highest BCUT2D eigenvalue weighted by Gasteiger charge is 2.20. The monoisotopic (exact) mass is 377 g/mol. The molecule has 3 heteroatoms. The van der Waals surface area contributed by atoms with Crippen LogP contribution in [0.3, 0.4) is 0 Å². The maximum Gasteiger partial charge on any atom is 0.0756 e. The third kappa shape index (κ3) is 3.94. The van der Waals surface area contributed by atoms with Crippen LogP contribution in [0.1, 0.15) is 43.2 Å². The summed E-state index contributed by atoms with van der Waals surface area (Å²) in [6, 6.07) is 22.5. The lowest BCUT2D eigenvalue weighted by molar-refractivity contribution is 0.723. The Bertz CT molecular complexity index is 875. The van der Waals surface area contributed by atoms with Crippen molar-refractivity contribution in [1.29, 1.82) is 0 Å². The minimum absolute atomic E-state index is 0.311. The van der Waals surface area contributed by atoms with Gasteiger partial charge in [-0.15, -0.1) is 23.1 Å². The standard InChI is InChI=1S/C23H23NS2/c1-16(2)26-20-11-9-18(10-12-20)17-5-7-19(8-6-17)21-13-14-22(24-21)23-4-3-15-25-23/h3-12,15-16,21H,13-14H2,1-2H3. The fourth-order valence-electron chi connectivity index (χ4n) is 3.36. The van der Waals surface area contributed by atoms with Crippen LogP contribution in [0.15, 0.2) is 75.9 Å². The number of benzene rings is 2. The molecule has 1 aliphatic rings. The van der Waals surface area contributed by atoms with Crippen LogP contribution in [-0.2, 0) is 0 Å². The topological polar surface area (TPSA) is 12.4 Å². The second kappa shape index (κ2) is 7.81. The van der Waals surface area contributed by atoms with Gasteiger partial charge in [0.15, 0.2) is 0 Å². The Morgan fingerprint density at radius 2 is 1.65 bits per heavy atom. The quantitative estimate of drug-likeness (QED) is 0.427. The van der Waals surface area contributed by atoms with E-state index in [1.807, 2.05) is 11.8 Å². The summed E-state index contributed by atoms with van der Waals surface area (Å²) in [5, 5.41) is 2.75. The number of hydrogen-bond acceptors (Lipinski definition) is 3. The van der Waals surface area contributed by atoms with E-state index >= 15 is 0 Å².